The molecule has 1 unspecified atom stereocenters. The van der Waals surface area contributed by atoms with Crippen LogP contribution >= 0.6 is 0 Å². The molecule has 0 saturated carbocycles. The first-order chi connectivity index (χ1) is 8.60. The van der Waals surface area contributed by atoms with Crippen LogP contribution in [-0.4, -0.2) is 36.2 Å². The molecular formula is C12H20N4O2. The average molecular weight is 252 g/mol. The molecule has 1 rings (SSSR count). The van der Waals surface area contributed by atoms with Crippen LogP contribution in [0.1, 0.15) is 13.8 Å². The summed E-state index contributed by atoms with van der Waals surface area (Å²) in [4.78, 5) is 6.22. The number of anilines is 1. The number of hydrogen-bond acceptors (Lipinski definition) is 5. The van der Waals surface area contributed by atoms with Gasteiger partial charge in [0.1, 0.15) is 5.84 Å². The van der Waals surface area contributed by atoms with Crippen molar-refractivity contribution >= 4 is 11.7 Å². The van der Waals surface area contributed by atoms with Gasteiger partial charge in [-0.2, -0.15) is 0 Å². The summed E-state index contributed by atoms with van der Waals surface area (Å²) in [6, 6.07) is 3.70. The van der Waals surface area contributed by atoms with Crippen LogP contribution in [0.2, 0.25) is 0 Å². The molecule has 0 bridgehead atoms. The van der Waals surface area contributed by atoms with Gasteiger partial charge in [0.05, 0.1) is 6.61 Å². The van der Waals surface area contributed by atoms with E-state index in [1.165, 1.54) is 0 Å². The molecule has 0 aliphatic rings. The van der Waals surface area contributed by atoms with Gasteiger partial charge in [-0.15, -0.1) is 0 Å². The van der Waals surface area contributed by atoms with Gasteiger partial charge in [0.2, 0.25) is 0 Å². The minimum Gasteiger partial charge on any atom is -0.490 e. The smallest absolute Gasteiger partial charge is 0.171 e. The van der Waals surface area contributed by atoms with Gasteiger partial charge < -0.3 is 20.6 Å². The molecule has 100 valence electrons. The summed E-state index contributed by atoms with van der Waals surface area (Å²) in [6.45, 7) is 4.99. The molecule has 1 atom stereocenters. The number of oxime groups is 1. The molecule has 0 aliphatic carbocycles. The normalized spacial score (nSPS) is 13.2. The predicted octanol–water partition coefficient (Wildman–Crippen LogP) is 1.30. The average Bonchev–Trinajstić information content (AvgIpc) is 2.38. The van der Waals surface area contributed by atoms with Crippen LogP contribution in [0.3, 0.4) is 0 Å². The maximum Gasteiger partial charge on any atom is 0.171 e. The monoisotopic (exact) mass is 252 g/mol. The molecule has 0 spiro atoms. The van der Waals surface area contributed by atoms with Crippen LogP contribution < -0.4 is 15.4 Å². The van der Waals surface area contributed by atoms with E-state index in [1.54, 1.807) is 6.20 Å². The molecule has 0 aromatic carbocycles. The van der Waals surface area contributed by atoms with E-state index in [1.807, 2.05) is 37.9 Å². The minimum absolute atomic E-state index is 0.0727. The van der Waals surface area contributed by atoms with Crippen molar-refractivity contribution in [1.29, 1.82) is 0 Å². The topological polar surface area (TPSA) is 84.0 Å². The Hall–Kier alpha value is -1.98. The first-order valence-corrected chi connectivity index (χ1v) is 5.86. The largest absolute Gasteiger partial charge is 0.490 e. The van der Waals surface area contributed by atoms with E-state index < -0.39 is 0 Å². The number of hydrogen-bond donors (Lipinski definition) is 2. The Morgan fingerprint density at radius 2 is 2.39 bits per heavy atom. The van der Waals surface area contributed by atoms with Crippen LogP contribution in [0.4, 0.5) is 5.82 Å². The maximum atomic E-state index is 8.63. The van der Waals surface area contributed by atoms with E-state index in [2.05, 4.69) is 10.1 Å². The van der Waals surface area contributed by atoms with E-state index in [9.17, 15) is 0 Å². The van der Waals surface area contributed by atoms with Crippen molar-refractivity contribution in [2.45, 2.75) is 13.8 Å². The summed E-state index contributed by atoms with van der Waals surface area (Å²) in [7, 11) is 1.89. The molecule has 1 heterocycles. The lowest BCUT2D eigenvalue weighted by atomic mass is 10.1. The van der Waals surface area contributed by atoms with Crippen molar-refractivity contribution in [2.75, 3.05) is 25.1 Å². The second-order valence-corrected chi connectivity index (χ2v) is 4.06. The summed E-state index contributed by atoms with van der Waals surface area (Å²) in [6.07, 6.45) is 1.71. The number of rotatable bonds is 6. The summed E-state index contributed by atoms with van der Waals surface area (Å²) < 4.78 is 5.51. The summed E-state index contributed by atoms with van der Waals surface area (Å²) in [5, 5.41) is 11.6. The van der Waals surface area contributed by atoms with Crippen LogP contribution in [-0.2, 0) is 0 Å². The van der Waals surface area contributed by atoms with E-state index in [0.717, 1.165) is 11.6 Å². The molecule has 0 aliphatic heterocycles. The van der Waals surface area contributed by atoms with Gasteiger partial charge >= 0.3 is 0 Å². The highest BCUT2D eigenvalue weighted by molar-refractivity contribution is 5.82. The second kappa shape index (κ2) is 6.68. The fourth-order valence-electron chi connectivity index (χ4n) is 1.63. The van der Waals surface area contributed by atoms with Crippen LogP contribution in [0.25, 0.3) is 0 Å². The molecule has 18 heavy (non-hydrogen) atoms. The summed E-state index contributed by atoms with van der Waals surface area (Å²) in [5.41, 5.74) is 5.56. The molecule has 6 nitrogen and oxygen atoms in total. The lowest BCUT2D eigenvalue weighted by molar-refractivity contribution is 0.314. The Balaban J connectivity index is 2.80. The molecule has 0 amide bonds. The molecule has 0 radical (unpaired) electrons. The quantitative estimate of drug-likeness (QED) is 0.345. The minimum atomic E-state index is -0.0727. The molecule has 1 aromatic rings. The third kappa shape index (κ3) is 3.51. The number of nitrogens with zero attached hydrogens (tertiary/aromatic N) is 3. The van der Waals surface area contributed by atoms with E-state index in [-0.39, 0.29) is 11.8 Å². The van der Waals surface area contributed by atoms with Crippen LogP contribution in [0, 0.1) is 5.92 Å². The molecule has 1 aromatic heterocycles. The van der Waals surface area contributed by atoms with Gasteiger partial charge in [0.25, 0.3) is 0 Å². The zero-order chi connectivity index (χ0) is 13.5. The highest BCUT2D eigenvalue weighted by Gasteiger charge is 2.15. The standard InChI is InChI=1S/C12H20N4O2/c1-4-18-10-6-5-7-14-12(10)16(3)8-9(2)11(13)15-17/h5-7,9,17H,4,8H2,1-3H3,(H2,13,15). The molecule has 6 heteroatoms. The van der Waals surface area contributed by atoms with Crippen molar-refractivity contribution in [2.24, 2.45) is 16.8 Å². The van der Waals surface area contributed by atoms with Gasteiger partial charge in [0.15, 0.2) is 11.6 Å². The number of ether oxygens (including phenoxy) is 1. The van der Waals surface area contributed by atoms with E-state index in [4.69, 9.17) is 15.7 Å². The van der Waals surface area contributed by atoms with Gasteiger partial charge in [-0.3, -0.25) is 0 Å². The van der Waals surface area contributed by atoms with Crippen molar-refractivity contribution in [3.63, 3.8) is 0 Å². The van der Waals surface area contributed by atoms with Gasteiger partial charge in [-0.1, -0.05) is 12.1 Å². The molecular weight excluding hydrogens is 232 g/mol. The van der Waals surface area contributed by atoms with Crippen LogP contribution in [0.5, 0.6) is 5.75 Å². The fourth-order valence-corrected chi connectivity index (χ4v) is 1.63. The Morgan fingerprint density at radius 3 is 3.00 bits per heavy atom. The third-order valence-corrected chi connectivity index (χ3v) is 2.58. The van der Waals surface area contributed by atoms with E-state index >= 15 is 0 Å². The molecule has 0 fully saturated rings. The van der Waals surface area contributed by atoms with Crippen molar-refractivity contribution in [1.82, 2.24) is 4.98 Å². The molecule has 3 N–H and O–H groups in total. The molecule has 0 saturated heterocycles. The number of nitrogens with two attached hydrogens (primary N) is 1. The number of aromatic nitrogens is 1. The first kappa shape index (κ1) is 14.1. The zero-order valence-corrected chi connectivity index (χ0v) is 11.0. The fraction of sp³-hybridized carbons (Fsp3) is 0.500. The number of amidine groups is 1. The maximum absolute atomic E-state index is 8.63. The summed E-state index contributed by atoms with van der Waals surface area (Å²) >= 11 is 0. The number of pyridine rings is 1. The second-order valence-electron chi connectivity index (χ2n) is 4.06. The third-order valence-electron chi connectivity index (χ3n) is 2.58. The Bertz CT molecular complexity index is 409. The highest BCUT2D eigenvalue weighted by Crippen LogP contribution is 2.24. The van der Waals surface area contributed by atoms with Gasteiger partial charge in [0, 0.05) is 25.7 Å². The Labute approximate surface area is 107 Å². The van der Waals surface area contributed by atoms with Gasteiger partial charge in [-0.25, -0.2) is 4.98 Å². The van der Waals surface area contributed by atoms with Crippen molar-refractivity contribution in [3.8, 4) is 5.75 Å². The predicted molar refractivity (Wildman–Crippen MR) is 71.2 cm³/mol. The lowest BCUT2D eigenvalue weighted by Gasteiger charge is -2.23. The van der Waals surface area contributed by atoms with Crippen molar-refractivity contribution < 1.29 is 9.94 Å². The Kier molecular flexibility index (Phi) is 5.23. The zero-order valence-electron chi connectivity index (χ0n) is 11.0. The Morgan fingerprint density at radius 1 is 1.67 bits per heavy atom. The lowest BCUT2D eigenvalue weighted by Crippen LogP contribution is -2.33. The van der Waals surface area contributed by atoms with E-state index in [0.29, 0.717) is 13.2 Å². The first-order valence-electron chi connectivity index (χ1n) is 5.86. The summed E-state index contributed by atoms with van der Waals surface area (Å²) in [5.74, 6) is 1.61. The highest BCUT2D eigenvalue weighted by atomic mass is 16.5. The van der Waals surface area contributed by atoms with Crippen LogP contribution in [0.15, 0.2) is 23.5 Å². The van der Waals surface area contributed by atoms with Gasteiger partial charge in [-0.05, 0) is 19.1 Å². The SMILES string of the molecule is CCOc1cccnc1N(C)CC(C)/C(N)=N/O. The van der Waals surface area contributed by atoms with Crippen molar-refractivity contribution in [3.05, 3.63) is 18.3 Å².